The molecule has 0 saturated heterocycles. The minimum absolute atomic E-state index is 0. The first kappa shape index (κ1) is 27.5. The summed E-state index contributed by atoms with van der Waals surface area (Å²) in [6.45, 7) is 16.7. The van der Waals surface area contributed by atoms with E-state index >= 15 is 0 Å². The molecule has 0 N–H and O–H groups in total. The molecule has 1 radical (unpaired) electrons. The van der Waals surface area contributed by atoms with Gasteiger partial charge in [-0.05, 0) is 89.8 Å². The van der Waals surface area contributed by atoms with Gasteiger partial charge in [0.1, 0.15) is 0 Å². The molecule has 171 valence electrons. The van der Waals surface area contributed by atoms with Crippen molar-refractivity contribution in [2.75, 3.05) is 0 Å². The van der Waals surface area contributed by atoms with Gasteiger partial charge < -0.3 is 7.43 Å². The molecule has 0 atom stereocenters. The molecule has 0 unspecified atom stereocenters. The van der Waals surface area contributed by atoms with Gasteiger partial charge in [-0.15, -0.1) is 0 Å². The maximum atomic E-state index is 4.91. The van der Waals surface area contributed by atoms with Gasteiger partial charge in [-0.25, -0.2) is 4.98 Å². The first-order valence-corrected chi connectivity index (χ1v) is 10.4. The van der Waals surface area contributed by atoms with Crippen LogP contribution in [-0.2, 0) is 16.8 Å². The maximum Gasteiger partial charge on any atom is 0.0849 e. The maximum absolute atomic E-state index is 4.91. The van der Waals surface area contributed by atoms with Crippen LogP contribution >= 0.6 is 0 Å². The van der Waals surface area contributed by atoms with Gasteiger partial charge in [0.2, 0.25) is 0 Å². The number of hydrogen-bond acceptors (Lipinski definition) is 3. The van der Waals surface area contributed by atoms with Crippen molar-refractivity contribution in [3.63, 3.8) is 0 Å². The third-order valence-corrected chi connectivity index (χ3v) is 5.32. The topological polar surface area (TPSA) is 37.6 Å². The van der Waals surface area contributed by atoms with E-state index in [9.17, 15) is 0 Å². The van der Waals surface area contributed by atoms with Crippen molar-refractivity contribution in [2.45, 2.75) is 55.4 Å². The zero-order valence-corrected chi connectivity index (χ0v) is 21.8. The minimum atomic E-state index is 0. The molecule has 1 heterocycles. The van der Waals surface area contributed by atoms with E-state index in [4.69, 9.17) is 15.0 Å². The van der Waals surface area contributed by atoms with Crippen LogP contribution in [0.3, 0.4) is 0 Å². The molecule has 32 heavy (non-hydrogen) atoms. The predicted molar refractivity (Wildman–Crippen MR) is 136 cm³/mol. The van der Waals surface area contributed by atoms with E-state index in [1.165, 1.54) is 33.4 Å². The second-order valence-electron chi connectivity index (χ2n) is 8.30. The Morgan fingerprint density at radius 2 is 0.938 bits per heavy atom. The van der Waals surface area contributed by atoms with E-state index in [0.717, 1.165) is 34.2 Å². The smallest absolute Gasteiger partial charge is 0.0849 e. The fourth-order valence-electron chi connectivity index (χ4n) is 3.99. The molecule has 3 aromatic rings. The minimum Gasteiger partial charge on any atom is -0.358 e. The van der Waals surface area contributed by atoms with Crippen molar-refractivity contribution in [3.05, 3.63) is 94.7 Å². The summed E-state index contributed by atoms with van der Waals surface area (Å²) < 4.78 is 0. The summed E-state index contributed by atoms with van der Waals surface area (Å²) in [5.74, 6) is 0. The Balaban J connectivity index is 0.00000256. The normalized spacial score (nSPS) is 11.6. The second kappa shape index (κ2) is 11.3. The standard InChI is InChI=1S/C27H31N3.CH3.Co/c1-16-12-18(3)26(19(4)13-16)28-22(7)24-10-9-11-25(30-24)23(8)29-27-20(5)14-17(2)15-21(27)6;;/h9-15H,1-8H3;1H3;/q;-1;. The molecule has 0 fully saturated rings. The summed E-state index contributed by atoms with van der Waals surface area (Å²) in [4.78, 5) is 14.7. The van der Waals surface area contributed by atoms with Crippen LogP contribution in [0.15, 0.2) is 52.4 Å². The SMILES string of the molecule is CC(=Nc1c(C)cc(C)cc1C)c1cccc(C(C)=Nc2c(C)cc(C)cc2C)n1.[CH3-].[Co]. The zero-order valence-electron chi connectivity index (χ0n) is 20.7. The van der Waals surface area contributed by atoms with Crippen molar-refractivity contribution in [2.24, 2.45) is 9.98 Å². The van der Waals surface area contributed by atoms with Crippen LogP contribution in [0.1, 0.15) is 58.6 Å². The molecule has 0 amide bonds. The fourth-order valence-corrected chi connectivity index (χ4v) is 3.99. The predicted octanol–water partition coefficient (Wildman–Crippen LogP) is 7.66. The van der Waals surface area contributed by atoms with Crippen LogP contribution in [0, 0.1) is 49.0 Å². The van der Waals surface area contributed by atoms with Crippen LogP contribution < -0.4 is 0 Å². The van der Waals surface area contributed by atoms with Crippen molar-refractivity contribution in [1.29, 1.82) is 0 Å². The van der Waals surface area contributed by atoms with Crippen molar-refractivity contribution in [3.8, 4) is 0 Å². The third-order valence-electron chi connectivity index (χ3n) is 5.32. The molecular weight excluding hydrogens is 437 g/mol. The van der Waals surface area contributed by atoms with Crippen LogP contribution in [0.25, 0.3) is 0 Å². The monoisotopic (exact) mass is 471 g/mol. The number of nitrogens with zero attached hydrogens (tertiary/aromatic N) is 3. The molecular formula is C28H34CoN3-. The Morgan fingerprint density at radius 3 is 1.25 bits per heavy atom. The number of rotatable bonds is 4. The van der Waals surface area contributed by atoms with E-state index in [2.05, 4.69) is 65.8 Å². The van der Waals surface area contributed by atoms with Crippen LogP contribution in [-0.4, -0.2) is 16.4 Å². The van der Waals surface area contributed by atoms with Gasteiger partial charge in [-0.1, -0.05) is 41.5 Å². The summed E-state index contributed by atoms with van der Waals surface area (Å²) >= 11 is 0. The molecule has 0 aliphatic heterocycles. The Labute approximate surface area is 204 Å². The molecule has 1 aromatic heterocycles. The Bertz CT molecular complexity index is 1040. The fraction of sp³-hybridized carbons (Fsp3) is 0.286. The molecule has 0 saturated carbocycles. The van der Waals surface area contributed by atoms with E-state index in [1.807, 2.05) is 32.0 Å². The van der Waals surface area contributed by atoms with E-state index in [0.29, 0.717) is 0 Å². The Morgan fingerprint density at radius 1 is 0.625 bits per heavy atom. The van der Waals surface area contributed by atoms with E-state index < -0.39 is 0 Å². The number of hydrogen-bond donors (Lipinski definition) is 0. The number of benzene rings is 2. The first-order chi connectivity index (χ1) is 14.2. The quantitative estimate of drug-likeness (QED) is 0.284. The summed E-state index contributed by atoms with van der Waals surface area (Å²) in [7, 11) is 0. The average Bonchev–Trinajstić information content (AvgIpc) is 2.67. The van der Waals surface area contributed by atoms with Crippen LogP contribution in [0.2, 0.25) is 0 Å². The summed E-state index contributed by atoms with van der Waals surface area (Å²) in [6.07, 6.45) is 0. The van der Waals surface area contributed by atoms with Gasteiger partial charge >= 0.3 is 0 Å². The molecule has 2 aromatic carbocycles. The Kier molecular flexibility index (Phi) is 9.74. The molecule has 0 bridgehead atoms. The van der Waals surface area contributed by atoms with Gasteiger partial charge in [-0.3, -0.25) is 9.98 Å². The molecule has 0 spiro atoms. The number of aromatic nitrogens is 1. The number of aliphatic imine (C=N–C) groups is 2. The summed E-state index contributed by atoms with van der Waals surface area (Å²) in [6, 6.07) is 14.7. The van der Waals surface area contributed by atoms with Crippen molar-refractivity contribution < 1.29 is 16.8 Å². The molecule has 3 rings (SSSR count). The third kappa shape index (κ3) is 6.24. The van der Waals surface area contributed by atoms with E-state index in [-0.39, 0.29) is 24.2 Å². The van der Waals surface area contributed by atoms with Crippen LogP contribution in [0.4, 0.5) is 11.4 Å². The van der Waals surface area contributed by atoms with E-state index in [1.54, 1.807) is 0 Å². The van der Waals surface area contributed by atoms with Gasteiger partial charge in [0.25, 0.3) is 0 Å². The molecule has 3 nitrogen and oxygen atoms in total. The van der Waals surface area contributed by atoms with Gasteiger partial charge in [0.15, 0.2) is 0 Å². The molecule has 0 aliphatic carbocycles. The van der Waals surface area contributed by atoms with Crippen LogP contribution in [0.5, 0.6) is 0 Å². The number of pyridine rings is 1. The summed E-state index contributed by atoms with van der Waals surface area (Å²) in [5, 5.41) is 0. The average molecular weight is 472 g/mol. The zero-order chi connectivity index (χ0) is 22.0. The summed E-state index contributed by atoms with van der Waals surface area (Å²) in [5.41, 5.74) is 12.9. The van der Waals surface area contributed by atoms with Crippen molar-refractivity contribution in [1.82, 2.24) is 4.98 Å². The van der Waals surface area contributed by atoms with Gasteiger partial charge in [-0.2, -0.15) is 0 Å². The molecule has 0 aliphatic rings. The first-order valence-electron chi connectivity index (χ1n) is 10.4. The largest absolute Gasteiger partial charge is 0.358 e. The van der Waals surface area contributed by atoms with Gasteiger partial charge in [0, 0.05) is 16.8 Å². The second-order valence-corrected chi connectivity index (χ2v) is 8.30. The van der Waals surface area contributed by atoms with Gasteiger partial charge in [0.05, 0.1) is 34.2 Å². The number of aryl methyl sites for hydroxylation is 6. The van der Waals surface area contributed by atoms with Crippen molar-refractivity contribution >= 4 is 22.8 Å². The Hall–Kier alpha value is -2.56. The molecule has 4 heteroatoms.